The molecule has 3 atom stereocenters. The van der Waals surface area contributed by atoms with Gasteiger partial charge in [0, 0.05) is 18.8 Å². The number of unbranched alkanes of at least 4 members (excludes halogenated alkanes) is 3. The molecule has 1 saturated carbocycles. The zero-order valence-corrected chi connectivity index (χ0v) is 15.7. The standard InChI is InChI=1S/C21H32F2O3/c1-3-4-9-13-21(22,23)14-12-18-17(16(2)15-19(18)24)10-7-5-6-8-11-20(25)26/h5,7,12,14,17-19,24H,2-4,6,8-11,13,15H2,1H3,(H,25,26)/b7-5+,14-12+/t17-,18+,19+/m0/s1. The van der Waals surface area contributed by atoms with Crippen molar-refractivity contribution in [3.05, 3.63) is 36.5 Å². The molecule has 1 fully saturated rings. The zero-order chi connectivity index (χ0) is 19.6. The molecule has 1 aliphatic rings. The van der Waals surface area contributed by atoms with Gasteiger partial charge in [0.15, 0.2) is 0 Å². The Balaban J connectivity index is 2.58. The second-order valence-corrected chi connectivity index (χ2v) is 7.18. The first-order valence-corrected chi connectivity index (χ1v) is 9.56. The van der Waals surface area contributed by atoms with Crippen LogP contribution < -0.4 is 0 Å². The predicted octanol–water partition coefficient (Wildman–Crippen LogP) is 5.51. The molecule has 0 amide bonds. The summed E-state index contributed by atoms with van der Waals surface area (Å²) in [6, 6.07) is 0. The Morgan fingerprint density at radius 3 is 2.69 bits per heavy atom. The minimum absolute atomic E-state index is 0.0524. The predicted molar refractivity (Wildman–Crippen MR) is 100 cm³/mol. The molecule has 148 valence electrons. The highest BCUT2D eigenvalue weighted by Gasteiger charge is 2.36. The molecule has 0 aromatic carbocycles. The van der Waals surface area contributed by atoms with Gasteiger partial charge < -0.3 is 10.2 Å². The van der Waals surface area contributed by atoms with Crippen LogP contribution in [-0.2, 0) is 4.79 Å². The lowest BCUT2D eigenvalue weighted by atomic mass is 9.89. The number of aliphatic hydroxyl groups excluding tert-OH is 1. The van der Waals surface area contributed by atoms with Crippen molar-refractivity contribution in [3.63, 3.8) is 0 Å². The van der Waals surface area contributed by atoms with Crippen LogP contribution in [0.3, 0.4) is 0 Å². The summed E-state index contributed by atoms with van der Waals surface area (Å²) in [6.07, 6.45) is 10.1. The van der Waals surface area contributed by atoms with Gasteiger partial charge in [-0.2, -0.15) is 0 Å². The van der Waals surface area contributed by atoms with Crippen LogP contribution in [0.5, 0.6) is 0 Å². The Morgan fingerprint density at radius 1 is 1.31 bits per heavy atom. The molecule has 5 heteroatoms. The minimum atomic E-state index is -2.84. The Morgan fingerprint density at radius 2 is 2.04 bits per heavy atom. The van der Waals surface area contributed by atoms with Crippen molar-refractivity contribution in [1.82, 2.24) is 0 Å². The molecule has 0 aromatic heterocycles. The molecule has 0 radical (unpaired) electrons. The van der Waals surface area contributed by atoms with Crippen molar-refractivity contribution in [2.24, 2.45) is 11.8 Å². The average Bonchev–Trinajstić information content (AvgIpc) is 2.82. The third-order valence-corrected chi connectivity index (χ3v) is 4.90. The van der Waals surface area contributed by atoms with Crippen molar-refractivity contribution >= 4 is 5.97 Å². The Hall–Kier alpha value is -1.49. The number of aliphatic hydroxyl groups is 1. The van der Waals surface area contributed by atoms with E-state index in [1.807, 2.05) is 19.1 Å². The number of halogens is 2. The topological polar surface area (TPSA) is 57.5 Å². The molecule has 0 heterocycles. The van der Waals surface area contributed by atoms with Gasteiger partial charge in [0.1, 0.15) is 0 Å². The number of carboxylic acid groups (broad SMARTS) is 1. The van der Waals surface area contributed by atoms with E-state index in [0.29, 0.717) is 32.1 Å². The normalized spacial score (nSPS) is 24.2. The lowest BCUT2D eigenvalue weighted by Crippen LogP contribution is -2.19. The molecule has 0 saturated heterocycles. The molecule has 0 bridgehead atoms. The molecule has 3 nitrogen and oxygen atoms in total. The fourth-order valence-corrected chi connectivity index (χ4v) is 3.36. The van der Waals surface area contributed by atoms with Crippen molar-refractivity contribution in [2.45, 2.75) is 76.7 Å². The largest absolute Gasteiger partial charge is 0.481 e. The van der Waals surface area contributed by atoms with Crippen LogP contribution in [0.4, 0.5) is 8.78 Å². The number of rotatable bonds is 12. The van der Waals surface area contributed by atoms with Crippen LogP contribution in [0, 0.1) is 11.8 Å². The van der Waals surface area contributed by atoms with Gasteiger partial charge in [-0.3, -0.25) is 4.79 Å². The number of hydrogen-bond donors (Lipinski definition) is 2. The van der Waals surface area contributed by atoms with Gasteiger partial charge >= 0.3 is 5.97 Å². The van der Waals surface area contributed by atoms with Crippen molar-refractivity contribution in [2.75, 3.05) is 0 Å². The molecule has 0 aliphatic heterocycles. The number of carboxylic acids is 1. The molecule has 0 unspecified atom stereocenters. The molecular weight excluding hydrogens is 338 g/mol. The summed E-state index contributed by atoms with van der Waals surface area (Å²) >= 11 is 0. The molecule has 26 heavy (non-hydrogen) atoms. The SMILES string of the molecule is C=C1C[C@@H](O)[C@H](/C=C/C(F)(F)CCCCC)[C@H]1C/C=C/CCCC(=O)O. The van der Waals surface area contributed by atoms with E-state index in [2.05, 4.69) is 6.58 Å². The van der Waals surface area contributed by atoms with Crippen molar-refractivity contribution in [1.29, 1.82) is 0 Å². The van der Waals surface area contributed by atoms with Gasteiger partial charge in [-0.25, -0.2) is 8.78 Å². The van der Waals surface area contributed by atoms with E-state index in [0.717, 1.165) is 24.5 Å². The summed E-state index contributed by atoms with van der Waals surface area (Å²) in [7, 11) is 0. The smallest absolute Gasteiger partial charge is 0.303 e. The zero-order valence-electron chi connectivity index (χ0n) is 15.7. The maximum atomic E-state index is 14.0. The molecule has 0 spiro atoms. The van der Waals surface area contributed by atoms with E-state index in [9.17, 15) is 18.7 Å². The van der Waals surface area contributed by atoms with Crippen LogP contribution in [-0.4, -0.2) is 28.2 Å². The first-order valence-electron chi connectivity index (χ1n) is 9.56. The molecule has 2 N–H and O–H groups in total. The van der Waals surface area contributed by atoms with Crippen LogP contribution in [0.1, 0.15) is 64.7 Å². The van der Waals surface area contributed by atoms with Gasteiger partial charge in [0.25, 0.3) is 5.92 Å². The van der Waals surface area contributed by atoms with Crippen LogP contribution >= 0.6 is 0 Å². The van der Waals surface area contributed by atoms with E-state index >= 15 is 0 Å². The van der Waals surface area contributed by atoms with Crippen LogP contribution in [0.2, 0.25) is 0 Å². The molecule has 1 aliphatic carbocycles. The second-order valence-electron chi connectivity index (χ2n) is 7.18. The summed E-state index contributed by atoms with van der Waals surface area (Å²) in [5.74, 6) is -4.04. The Labute approximate surface area is 155 Å². The number of hydrogen-bond acceptors (Lipinski definition) is 2. The van der Waals surface area contributed by atoms with Crippen molar-refractivity contribution < 1.29 is 23.8 Å². The fourth-order valence-electron chi connectivity index (χ4n) is 3.36. The number of aliphatic carboxylic acids is 1. The Kier molecular flexibility index (Phi) is 9.78. The summed E-state index contributed by atoms with van der Waals surface area (Å²) < 4.78 is 27.9. The summed E-state index contributed by atoms with van der Waals surface area (Å²) in [5.41, 5.74) is 0.886. The van der Waals surface area contributed by atoms with Gasteiger partial charge in [-0.1, -0.05) is 50.1 Å². The third-order valence-electron chi connectivity index (χ3n) is 4.90. The lowest BCUT2D eigenvalue weighted by Gasteiger charge is -2.19. The molecular formula is C21H32F2O3. The van der Waals surface area contributed by atoms with E-state index in [1.165, 1.54) is 6.08 Å². The molecule has 1 rings (SSSR count). The second kappa shape index (κ2) is 11.3. The number of alkyl halides is 2. The van der Waals surface area contributed by atoms with Gasteiger partial charge in [-0.05, 0) is 44.1 Å². The third kappa shape index (κ3) is 8.26. The first kappa shape index (κ1) is 22.6. The average molecular weight is 370 g/mol. The summed E-state index contributed by atoms with van der Waals surface area (Å²) in [4.78, 5) is 10.5. The highest BCUT2D eigenvalue weighted by Crippen LogP contribution is 2.40. The maximum Gasteiger partial charge on any atom is 0.303 e. The highest BCUT2D eigenvalue weighted by atomic mass is 19.3. The summed E-state index contributed by atoms with van der Waals surface area (Å²) in [6.45, 7) is 5.97. The fraction of sp³-hybridized carbons (Fsp3) is 0.667. The quantitative estimate of drug-likeness (QED) is 0.352. The van der Waals surface area contributed by atoms with Gasteiger partial charge in [0.2, 0.25) is 0 Å². The van der Waals surface area contributed by atoms with E-state index < -0.39 is 18.0 Å². The van der Waals surface area contributed by atoms with Gasteiger partial charge in [-0.15, -0.1) is 0 Å². The van der Waals surface area contributed by atoms with E-state index in [-0.39, 0.29) is 24.7 Å². The lowest BCUT2D eigenvalue weighted by molar-refractivity contribution is -0.137. The molecule has 0 aromatic rings. The Bertz CT molecular complexity index is 511. The van der Waals surface area contributed by atoms with Crippen LogP contribution in [0.15, 0.2) is 36.5 Å². The van der Waals surface area contributed by atoms with E-state index in [1.54, 1.807) is 0 Å². The van der Waals surface area contributed by atoms with Crippen LogP contribution in [0.25, 0.3) is 0 Å². The highest BCUT2D eigenvalue weighted by molar-refractivity contribution is 5.66. The summed E-state index contributed by atoms with van der Waals surface area (Å²) in [5, 5.41) is 18.8. The van der Waals surface area contributed by atoms with E-state index in [4.69, 9.17) is 5.11 Å². The minimum Gasteiger partial charge on any atom is -0.481 e. The monoisotopic (exact) mass is 370 g/mol. The number of allylic oxidation sites excluding steroid dienone is 3. The maximum absolute atomic E-state index is 14.0. The first-order chi connectivity index (χ1) is 12.3. The van der Waals surface area contributed by atoms with Crippen molar-refractivity contribution in [3.8, 4) is 0 Å². The number of carbonyl (C=O) groups is 1. The van der Waals surface area contributed by atoms with Gasteiger partial charge in [0.05, 0.1) is 6.10 Å².